The van der Waals surface area contributed by atoms with Crippen molar-refractivity contribution >= 4 is 17.6 Å². The Morgan fingerprint density at radius 2 is 1.71 bits per heavy atom. The second-order valence-corrected chi connectivity index (χ2v) is 5.24. The Labute approximate surface area is 137 Å². The van der Waals surface area contributed by atoms with Crippen LogP contribution < -0.4 is 10.1 Å². The number of methoxy groups -OCH3 is 1. The van der Waals surface area contributed by atoms with Crippen molar-refractivity contribution in [2.24, 2.45) is 0 Å². The molecule has 1 aliphatic rings. The maximum Gasteiger partial charge on any atom is 0.337 e. The Balaban J connectivity index is 2.09. The minimum absolute atomic E-state index is 0.229. The van der Waals surface area contributed by atoms with Gasteiger partial charge in [0, 0.05) is 12.6 Å². The molecule has 0 aliphatic carbocycles. The van der Waals surface area contributed by atoms with Crippen molar-refractivity contribution in [3.05, 3.63) is 24.3 Å². The van der Waals surface area contributed by atoms with E-state index in [0.29, 0.717) is 5.69 Å². The van der Waals surface area contributed by atoms with Crippen LogP contribution >= 0.6 is 0 Å². The molecular weight excluding hydrogens is 322 g/mol. The van der Waals surface area contributed by atoms with Gasteiger partial charge in [0.05, 0.1) is 7.11 Å². The van der Waals surface area contributed by atoms with Gasteiger partial charge in [-0.25, -0.2) is 4.79 Å². The number of hydrogen-bond donors (Lipinski definition) is 4. The standard InChI is InChI=1S/C15H19NO8/c1-7(17)16-8-3-5-9(6-4-8)23-15-12(20)10(18)11(19)13(24-15)14(21)22-2/h3-6,10-13,15,18-20H,1-2H3,(H,16,17). The lowest BCUT2D eigenvalue weighted by atomic mass is 9.99. The topological polar surface area (TPSA) is 135 Å². The SMILES string of the molecule is COC(=O)C1OC(Oc2ccc(NC(C)=O)cc2)C(O)C(O)C1O. The van der Waals surface area contributed by atoms with Crippen molar-refractivity contribution in [1.82, 2.24) is 0 Å². The molecule has 132 valence electrons. The molecule has 1 heterocycles. The summed E-state index contributed by atoms with van der Waals surface area (Å²) in [4.78, 5) is 22.5. The van der Waals surface area contributed by atoms with Crippen LogP contribution in [0.25, 0.3) is 0 Å². The lowest BCUT2D eigenvalue weighted by Crippen LogP contribution is -2.61. The fourth-order valence-corrected chi connectivity index (χ4v) is 2.21. The zero-order valence-electron chi connectivity index (χ0n) is 13.1. The molecule has 1 aromatic carbocycles. The van der Waals surface area contributed by atoms with E-state index in [1.807, 2.05) is 0 Å². The van der Waals surface area contributed by atoms with Gasteiger partial charge in [-0.15, -0.1) is 0 Å². The van der Waals surface area contributed by atoms with Crippen LogP contribution in [0.3, 0.4) is 0 Å². The molecule has 9 nitrogen and oxygen atoms in total. The van der Waals surface area contributed by atoms with Gasteiger partial charge in [-0.2, -0.15) is 0 Å². The summed E-state index contributed by atoms with van der Waals surface area (Å²) in [5, 5.41) is 32.1. The molecule has 1 aliphatic heterocycles. The molecule has 0 bridgehead atoms. The third kappa shape index (κ3) is 4.01. The molecule has 1 saturated heterocycles. The number of hydrogen-bond acceptors (Lipinski definition) is 8. The lowest BCUT2D eigenvalue weighted by Gasteiger charge is -2.38. The largest absolute Gasteiger partial charge is 0.467 e. The summed E-state index contributed by atoms with van der Waals surface area (Å²) in [7, 11) is 1.10. The van der Waals surface area contributed by atoms with Crippen molar-refractivity contribution in [1.29, 1.82) is 0 Å². The van der Waals surface area contributed by atoms with Crippen LogP contribution in [0.1, 0.15) is 6.92 Å². The lowest BCUT2D eigenvalue weighted by molar-refractivity contribution is -0.271. The number of nitrogens with one attached hydrogen (secondary N) is 1. The van der Waals surface area contributed by atoms with E-state index in [2.05, 4.69) is 10.1 Å². The number of esters is 1. The molecule has 5 unspecified atom stereocenters. The summed E-state index contributed by atoms with van der Waals surface area (Å²) >= 11 is 0. The molecule has 9 heteroatoms. The van der Waals surface area contributed by atoms with Crippen molar-refractivity contribution in [3.63, 3.8) is 0 Å². The van der Waals surface area contributed by atoms with Crippen LogP contribution in [0.15, 0.2) is 24.3 Å². The molecule has 1 amide bonds. The number of amides is 1. The van der Waals surface area contributed by atoms with Gasteiger partial charge in [-0.05, 0) is 24.3 Å². The van der Waals surface area contributed by atoms with Crippen LogP contribution in [-0.4, -0.2) is 65.0 Å². The van der Waals surface area contributed by atoms with Gasteiger partial charge < -0.3 is 34.8 Å². The summed E-state index contributed by atoms with van der Waals surface area (Å²) < 4.78 is 15.1. The summed E-state index contributed by atoms with van der Waals surface area (Å²) in [5.41, 5.74) is 0.544. The molecule has 2 rings (SSSR count). The van der Waals surface area contributed by atoms with E-state index in [9.17, 15) is 24.9 Å². The minimum Gasteiger partial charge on any atom is -0.467 e. The zero-order valence-corrected chi connectivity index (χ0v) is 13.1. The van der Waals surface area contributed by atoms with Gasteiger partial charge in [0.25, 0.3) is 0 Å². The average molecular weight is 341 g/mol. The molecule has 1 fully saturated rings. The smallest absolute Gasteiger partial charge is 0.337 e. The molecule has 0 aromatic heterocycles. The number of rotatable bonds is 4. The van der Waals surface area contributed by atoms with Crippen molar-refractivity contribution in [3.8, 4) is 5.75 Å². The highest BCUT2D eigenvalue weighted by atomic mass is 16.7. The molecule has 0 saturated carbocycles. The van der Waals surface area contributed by atoms with Crippen LogP contribution in [0.5, 0.6) is 5.75 Å². The van der Waals surface area contributed by atoms with Gasteiger partial charge in [-0.1, -0.05) is 0 Å². The molecule has 0 spiro atoms. The van der Waals surface area contributed by atoms with E-state index >= 15 is 0 Å². The van der Waals surface area contributed by atoms with Crippen LogP contribution in [0.2, 0.25) is 0 Å². The third-order valence-electron chi connectivity index (χ3n) is 3.43. The first-order valence-electron chi connectivity index (χ1n) is 7.15. The number of aliphatic hydroxyl groups excluding tert-OH is 3. The molecule has 0 radical (unpaired) electrons. The van der Waals surface area contributed by atoms with Gasteiger partial charge in [0.1, 0.15) is 24.1 Å². The fraction of sp³-hybridized carbons (Fsp3) is 0.467. The van der Waals surface area contributed by atoms with Crippen LogP contribution in [-0.2, 0) is 19.1 Å². The maximum absolute atomic E-state index is 11.6. The number of carbonyl (C=O) groups is 2. The van der Waals surface area contributed by atoms with E-state index in [0.717, 1.165) is 7.11 Å². The number of anilines is 1. The Kier molecular flexibility index (Phi) is 5.73. The number of carbonyl (C=O) groups excluding carboxylic acids is 2. The monoisotopic (exact) mass is 341 g/mol. The molecule has 1 aromatic rings. The first kappa shape index (κ1) is 18.1. The van der Waals surface area contributed by atoms with Crippen LogP contribution in [0.4, 0.5) is 5.69 Å². The van der Waals surface area contributed by atoms with Crippen molar-refractivity contribution < 1.29 is 39.1 Å². The molecule has 4 N–H and O–H groups in total. The summed E-state index contributed by atoms with van der Waals surface area (Å²) in [6.45, 7) is 1.37. The Morgan fingerprint density at radius 1 is 1.08 bits per heavy atom. The molecule has 24 heavy (non-hydrogen) atoms. The number of aliphatic hydroxyl groups is 3. The summed E-state index contributed by atoms with van der Waals surface area (Å²) in [5.74, 6) is -0.865. The third-order valence-corrected chi connectivity index (χ3v) is 3.43. The highest BCUT2D eigenvalue weighted by Gasteiger charge is 2.48. The predicted octanol–water partition coefficient (Wildman–Crippen LogP) is -0.996. The fourth-order valence-electron chi connectivity index (χ4n) is 2.21. The highest BCUT2D eigenvalue weighted by molar-refractivity contribution is 5.88. The normalized spacial score (nSPS) is 29.6. The average Bonchev–Trinajstić information content (AvgIpc) is 2.56. The second kappa shape index (κ2) is 7.58. The van der Waals surface area contributed by atoms with Crippen molar-refractivity contribution in [2.75, 3.05) is 12.4 Å². The molecular formula is C15H19NO8. The zero-order chi connectivity index (χ0) is 17.9. The predicted molar refractivity (Wildman–Crippen MR) is 80.1 cm³/mol. The summed E-state index contributed by atoms with van der Waals surface area (Å²) in [6.07, 6.45) is -7.74. The van der Waals surface area contributed by atoms with Gasteiger partial charge in [-0.3, -0.25) is 4.79 Å². The van der Waals surface area contributed by atoms with Gasteiger partial charge in [0.2, 0.25) is 12.2 Å². The quantitative estimate of drug-likeness (QED) is 0.513. The summed E-state index contributed by atoms with van der Waals surface area (Å²) in [6, 6.07) is 6.14. The Morgan fingerprint density at radius 3 is 2.25 bits per heavy atom. The first-order valence-corrected chi connectivity index (χ1v) is 7.15. The Hall–Kier alpha value is -2.20. The van der Waals surface area contributed by atoms with Crippen LogP contribution in [0, 0.1) is 0 Å². The Bertz CT molecular complexity index is 590. The minimum atomic E-state index is -1.65. The highest BCUT2D eigenvalue weighted by Crippen LogP contribution is 2.25. The molecule has 5 atom stereocenters. The van der Waals surface area contributed by atoms with E-state index in [1.165, 1.54) is 19.1 Å². The van der Waals surface area contributed by atoms with Gasteiger partial charge >= 0.3 is 5.97 Å². The first-order chi connectivity index (χ1) is 11.3. The van der Waals surface area contributed by atoms with E-state index in [1.54, 1.807) is 12.1 Å². The van der Waals surface area contributed by atoms with Crippen molar-refractivity contribution in [2.45, 2.75) is 37.6 Å². The maximum atomic E-state index is 11.6. The number of benzene rings is 1. The van der Waals surface area contributed by atoms with E-state index in [-0.39, 0.29) is 11.7 Å². The van der Waals surface area contributed by atoms with E-state index < -0.39 is 36.7 Å². The van der Waals surface area contributed by atoms with Gasteiger partial charge in [0.15, 0.2) is 6.10 Å². The number of ether oxygens (including phenoxy) is 3. The second-order valence-electron chi connectivity index (χ2n) is 5.24. The van der Waals surface area contributed by atoms with E-state index in [4.69, 9.17) is 9.47 Å².